The zero-order valence-electron chi connectivity index (χ0n) is 15.2. The predicted octanol–water partition coefficient (Wildman–Crippen LogP) is 6.21. The van der Waals surface area contributed by atoms with E-state index >= 15 is 0 Å². The number of hydrogen-bond donors (Lipinski definition) is 0. The summed E-state index contributed by atoms with van der Waals surface area (Å²) in [4.78, 5) is 0. The van der Waals surface area contributed by atoms with Gasteiger partial charge in [0.25, 0.3) is 0 Å². The molecule has 7 atom stereocenters. The van der Waals surface area contributed by atoms with Crippen LogP contribution in [-0.4, -0.2) is 12.2 Å². The van der Waals surface area contributed by atoms with Crippen molar-refractivity contribution < 1.29 is 4.74 Å². The maximum Gasteiger partial charge on any atom is 0.0581 e. The molecule has 1 nitrogen and oxygen atoms in total. The summed E-state index contributed by atoms with van der Waals surface area (Å²) in [6.45, 7) is 6.94. The van der Waals surface area contributed by atoms with Crippen molar-refractivity contribution in [3.8, 4) is 0 Å². The highest BCUT2D eigenvalue weighted by Crippen LogP contribution is 2.53. The van der Waals surface area contributed by atoms with Gasteiger partial charge in [0.05, 0.1) is 12.2 Å². The van der Waals surface area contributed by atoms with Gasteiger partial charge in [0.15, 0.2) is 0 Å². The molecule has 3 rings (SSSR count). The van der Waals surface area contributed by atoms with Crippen molar-refractivity contribution in [1.82, 2.24) is 0 Å². The second kappa shape index (κ2) is 7.69. The molecule has 3 aliphatic rings. The second-order valence-electron chi connectivity index (χ2n) is 8.68. The third kappa shape index (κ3) is 3.71. The maximum atomic E-state index is 6.35. The highest BCUT2D eigenvalue weighted by molar-refractivity contribution is 4.94. The number of rotatable bonds is 5. The fourth-order valence-corrected chi connectivity index (χ4v) is 6.15. The van der Waals surface area contributed by atoms with Crippen LogP contribution in [0.2, 0.25) is 0 Å². The van der Waals surface area contributed by atoms with Gasteiger partial charge in [0.2, 0.25) is 0 Å². The topological polar surface area (TPSA) is 9.23 Å². The lowest BCUT2D eigenvalue weighted by molar-refractivity contribution is -0.0769. The van der Waals surface area contributed by atoms with E-state index in [0.717, 1.165) is 29.6 Å². The lowest BCUT2D eigenvalue weighted by atomic mass is 9.56. The van der Waals surface area contributed by atoms with Crippen LogP contribution in [0.1, 0.15) is 91.4 Å². The van der Waals surface area contributed by atoms with Crippen LogP contribution in [0.4, 0.5) is 0 Å². The molecule has 0 N–H and O–H groups in total. The molecule has 3 fully saturated rings. The molecule has 0 radical (unpaired) electrons. The lowest BCUT2D eigenvalue weighted by Gasteiger charge is -2.50. The normalized spacial score (nSPS) is 43.2. The van der Waals surface area contributed by atoms with Crippen LogP contribution in [-0.2, 0) is 4.74 Å². The van der Waals surface area contributed by atoms with E-state index in [1.165, 1.54) is 57.8 Å². The van der Waals surface area contributed by atoms with Crippen LogP contribution < -0.4 is 0 Å². The average Bonchev–Trinajstić information content (AvgIpc) is 2.54. The molecule has 0 spiro atoms. The van der Waals surface area contributed by atoms with E-state index in [4.69, 9.17) is 4.74 Å². The number of fused-ring (bicyclic) bond motifs is 3. The molecule has 0 aromatic heterocycles. The van der Waals surface area contributed by atoms with Gasteiger partial charge >= 0.3 is 0 Å². The number of ether oxygens (including phenoxy) is 1. The molecular weight excluding hydrogens is 268 g/mol. The minimum atomic E-state index is 0.475. The Morgan fingerprint density at radius 2 is 1.55 bits per heavy atom. The summed E-state index contributed by atoms with van der Waals surface area (Å²) in [5, 5.41) is 0. The van der Waals surface area contributed by atoms with Crippen LogP contribution in [0.3, 0.4) is 0 Å². The van der Waals surface area contributed by atoms with Crippen LogP contribution in [0.15, 0.2) is 0 Å². The first kappa shape index (κ1) is 16.8. The van der Waals surface area contributed by atoms with Gasteiger partial charge in [-0.1, -0.05) is 33.1 Å². The van der Waals surface area contributed by atoms with E-state index in [0.29, 0.717) is 12.2 Å². The Morgan fingerprint density at radius 3 is 2.23 bits per heavy atom. The SMILES string of the molecule is CCCC(C)OC1CCC2C(CCC3CC(CC)CCC32)C1. The van der Waals surface area contributed by atoms with Gasteiger partial charge in [-0.2, -0.15) is 0 Å². The van der Waals surface area contributed by atoms with Gasteiger partial charge in [0, 0.05) is 0 Å². The summed E-state index contributed by atoms with van der Waals surface area (Å²) in [6.07, 6.45) is 16.8. The monoisotopic (exact) mass is 306 g/mol. The van der Waals surface area contributed by atoms with Gasteiger partial charge in [0.1, 0.15) is 0 Å². The quantitative estimate of drug-likeness (QED) is 0.586. The van der Waals surface area contributed by atoms with Gasteiger partial charge < -0.3 is 4.74 Å². The molecule has 22 heavy (non-hydrogen) atoms. The van der Waals surface area contributed by atoms with E-state index in [1.54, 1.807) is 12.8 Å². The van der Waals surface area contributed by atoms with E-state index in [9.17, 15) is 0 Å². The third-order valence-corrected chi connectivity index (χ3v) is 7.30. The summed E-state index contributed by atoms with van der Waals surface area (Å²) in [7, 11) is 0. The molecule has 1 heteroatoms. The minimum absolute atomic E-state index is 0.475. The maximum absolute atomic E-state index is 6.35. The summed E-state index contributed by atoms with van der Waals surface area (Å²) >= 11 is 0. The first-order chi connectivity index (χ1) is 10.7. The average molecular weight is 307 g/mol. The molecule has 0 aromatic carbocycles. The molecule has 7 unspecified atom stereocenters. The molecule has 0 heterocycles. The molecule has 128 valence electrons. The van der Waals surface area contributed by atoms with Gasteiger partial charge in [-0.15, -0.1) is 0 Å². The molecule has 0 bridgehead atoms. The van der Waals surface area contributed by atoms with Crippen LogP contribution in [0.5, 0.6) is 0 Å². The Balaban J connectivity index is 1.53. The largest absolute Gasteiger partial charge is 0.375 e. The Hall–Kier alpha value is -0.0400. The van der Waals surface area contributed by atoms with E-state index in [-0.39, 0.29) is 0 Å². The smallest absolute Gasteiger partial charge is 0.0581 e. The van der Waals surface area contributed by atoms with Gasteiger partial charge in [-0.25, -0.2) is 0 Å². The standard InChI is InChI=1S/C21H38O/c1-4-6-15(3)22-19-10-12-21-18(14-19)9-8-17-13-16(5-2)7-11-20(17)21/h15-21H,4-14H2,1-3H3. The van der Waals surface area contributed by atoms with E-state index < -0.39 is 0 Å². The van der Waals surface area contributed by atoms with Crippen LogP contribution >= 0.6 is 0 Å². The van der Waals surface area contributed by atoms with Crippen molar-refractivity contribution in [2.75, 3.05) is 0 Å². The molecule has 0 saturated heterocycles. The zero-order chi connectivity index (χ0) is 15.5. The Morgan fingerprint density at radius 1 is 0.864 bits per heavy atom. The molecule has 0 amide bonds. The minimum Gasteiger partial charge on any atom is -0.375 e. The van der Waals surface area contributed by atoms with Crippen molar-refractivity contribution in [3.63, 3.8) is 0 Å². The summed E-state index contributed by atoms with van der Waals surface area (Å²) in [5.74, 6) is 5.25. The lowest BCUT2D eigenvalue weighted by Crippen LogP contribution is -2.43. The van der Waals surface area contributed by atoms with E-state index in [2.05, 4.69) is 20.8 Å². The Bertz CT molecular complexity index is 339. The molecule has 0 aliphatic heterocycles. The Kier molecular flexibility index (Phi) is 5.87. The predicted molar refractivity (Wildman–Crippen MR) is 93.9 cm³/mol. The van der Waals surface area contributed by atoms with Gasteiger partial charge in [-0.05, 0) is 87.9 Å². The van der Waals surface area contributed by atoms with Crippen molar-refractivity contribution >= 4 is 0 Å². The fraction of sp³-hybridized carbons (Fsp3) is 1.00. The van der Waals surface area contributed by atoms with Gasteiger partial charge in [-0.3, -0.25) is 0 Å². The fourth-order valence-electron chi connectivity index (χ4n) is 6.15. The van der Waals surface area contributed by atoms with Crippen molar-refractivity contribution in [2.45, 2.75) is 104 Å². The first-order valence-electron chi connectivity index (χ1n) is 10.4. The Labute approximate surface area is 138 Å². The highest BCUT2D eigenvalue weighted by atomic mass is 16.5. The molecule has 3 aliphatic carbocycles. The summed E-state index contributed by atoms with van der Waals surface area (Å²) < 4.78 is 6.35. The van der Waals surface area contributed by atoms with Crippen LogP contribution in [0.25, 0.3) is 0 Å². The van der Waals surface area contributed by atoms with Crippen LogP contribution in [0, 0.1) is 29.6 Å². The third-order valence-electron chi connectivity index (χ3n) is 7.30. The summed E-state index contributed by atoms with van der Waals surface area (Å²) in [6, 6.07) is 0. The van der Waals surface area contributed by atoms with Crippen molar-refractivity contribution in [1.29, 1.82) is 0 Å². The molecule has 3 saturated carbocycles. The van der Waals surface area contributed by atoms with Crippen molar-refractivity contribution in [3.05, 3.63) is 0 Å². The second-order valence-corrected chi connectivity index (χ2v) is 8.68. The van der Waals surface area contributed by atoms with Crippen molar-refractivity contribution in [2.24, 2.45) is 29.6 Å². The zero-order valence-corrected chi connectivity index (χ0v) is 15.2. The first-order valence-corrected chi connectivity index (χ1v) is 10.4. The number of hydrogen-bond acceptors (Lipinski definition) is 1. The molecular formula is C21H38O. The van der Waals surface area contributed by atoms with E-state index in [1.807, 2.05) is 0 Å². The summed E-state index contributed by atoms with van der Waals surface area (Å²) in [5.41, 5.74) is 0. The highest BCUT2D eigenvalue weighted by Gasteiger charge is 2.44. The molecule has 0 aromatic rings.